The van der Waals surface area contributed by atoms with Crippen molar-refractivity contribution >= 4 is 11.7 Å². The smallest absolute Gasteiger partial charge is 0.321 e. The third-order valence-electron chi connectivity index (χ3n) is 4.88. The Morgan fingerprint density at radius 3 is 2.85 bits per heavy atom. The molecule has 3 rings (SSSR count). The van der Waals surface area contributed by atoms with Crippen molar-refractivity contribution in [3.05, 3.63) is 41.3 Å². The van der Waals surface area contributed by atoms with Crippen LogP contribution in [0.25, 0.3) is 0 Å². The van der Waals surface area contributed by atoms with Crippen LogP contribution in [0, 0.1) is 12.7 Å². The van der Waals surface area contributed by atoms with Crippen molar-refractivity contribution in [2.75, 3.05) is 18.9 Å². The molecule has 1 fully saturated rings. The van der Waals surface area contributed by atoms with Gasteiger partial charge in [-0.05, 0) is 37.5 Å². The summed E-state index contributed by atoms with van der Waals surface area (Å²) in [5.41, 5.74) is 0.978. The molecule has 0 bridgehead atoms. The molecule has 1 heterocycles. The van der Waals surface area contributed by atoms with Crippen molar-refractivity contribution in [2.24, 2.45) is 0 Å². The lowest BCUT2D eigenvalue weighted by molar-refractivity contribution is 0.222. The molecule has 140 valence electrons. The van der Waals surface area contributed by atoms with Crippen molar-refractivity contribution in [1.82, 2.24) is 15.0 Å². The van der Waals surface area contributed by atoms with E-state index in [2.05, 4.69) is 15.5 Å². The number of benzene rings is 1. The molecule has 1 aromatic heterocycles. The first-order valence-corrected chi connectivity index (χ1v) is 9.13. The van der Waals surface area contributed by atoms with E-state index in [1.807, 2.05) is 0 Å². The first-order chi connectivity index (χ1) is 12.5. The molecule has 1 saturated carbocycles. The minimum absolute atomic E-state index is 0.302. The maximum atomic E-state index is 13.6. The summed E-state index contributed by atoms with van der Waals surface area (Å²) in [6.45, 7) is 2.13. The van der Waals surface area contributed by atoms with Gasteiger partial charge in [0, 0.05) is 31.6 Å². The molecule has 1 aromatic carbocycles. The summed E-state index contributed by atoms with van der Waals surface area (Å²) in [6.07, 6.45) is 6.44. The van der Waals surface area contributed by atoms with E-state index >= 15 is 0 Å². The molecule has 0 spiro atoms. The molecule has 26 heavy (non-hydrogen) atoms. The maximum Gasteiger partial charge on any atom is 0.321 e. The number of hydrogen-bond donors (Lipinski definition) is 1. The highest BCUT2D eigenvalue weighted by molar-refractivity contribution is 5.89. The van der Waals surface area contributed by atoms with Crippen molar-refractivity contribution in [3.8, 4) is 0 Å². The molecule has 6 nitrogen and oxygen atoms in total. The molecular weight excluding hydrogens is 335 g/mol. The van der Waals surface area contributed by atoms with Crippen molar-refractivity contribution < 1.29 is 13.7 Å². The molecule has 0 aliphatic heterocycles. The number of hydrogen-bond acceptors (Lipinski definition) is 4. The fourth-order valence-corrected chi connectivity index (χ4v) is 3.14. The molecule has 7 heteroatoms. The average Bonchev–Trinajstić information content (AvgIpc) is 3.12. The van der Waals surface area contributed by atoms with Crippen LogP contribution < -0.4 is 5.32 Å². The number of likely N-dealkylation sites (N-methyl/N-ethyl adjacent to an activating group) is 1. The third-order valence-corrected chi connectivity index (χ3v) is 4.88. The highest BCUT2D eigenvalue weighted by atomic mass is 19.1. The fraction of sp³-hybridized carbons (Fsp3) is 0.526. The van der Waals surface area contributed by atoms with Gasteiger partial charge in [0.2, 0.25) is 5.89 Å². The predicted molar refractivity (Wildman–Crippen MR) is 96.6 cm³/mol. The second-order valence-electron chi connectivity index (χ2n) is 6.95. The van der Waals surface area contributed by atoms with Crippen LogP contribution in [-0.4, -0.2) is 34.7 Å². The van der Waals surface area contributed by atoms with Gasteiger partial charge in [-0.1, -0.05) is 30.5 Å². The molecule has 0 saturated heterocycles. The molecule has 0 atom stereocenters. The highest BCUT2D eigenvalue weighted by Gasteiger charge is 2.21. The SMILES string of the molecule is Cc1ccc(NC(=O)N(C)CCc2noc(C3CCCCC3)n2)cc1F. The number of aryl methyl sites for hydroxylation is 1. The van der Waals surface area contributed by atoms with Gasteiger partial charge in [0.05, 0.1) is 0 Å². The van der Waals surface area contributed by atoms with Crippen molar-refractivity contribution in [3.63, 3.8) is 0 Å². The summed E-state index contributed by atoms with van der Waals surface area (Å²) in [6, 6.07) is 4.33. The first-order valence-electron chi connectivity index (χ1n) is 9.13. The summed E-state index contributed by atoms with van der Waals surface area (Å²) in [5.74, 6) is 1.38. The number of halogens is 1. The number of carbonyl (C=O) groups is 1. The lowest BCUT2D eigenvalue weighted by atomic mass is 9.89. The summed E-state index contributed by atoms with van der Waals surface area (Å²) in [7, 11) is 1.68. The number of nitrogens with zero attached hydrogens (tertiary/aromatic N) is 3. The van der Waals surface area contributed by atoms with E-state index in [1.54, 1.807) is 26.1 Å². The normalized spacial score (nSPS) is 15.0. The van der Waals surface area contributed by atoms with Gasteiger partial charge >= 0.3 is 6.03 Å². The summed E-state index contributed by atoms with van der Waals surface area (Å²) in [4.78, 5) is 18.2. The monoisotopic (exact) mass is 360 g/mol. The van der Waals surface area contributed by atoms with E-state index < -0.39 is 0 Å². The minimum atomic E-state index is -0.340. The number of urea groups is 1. The fourth-order valence-electron chi connectivity index (χ4n) is 3.14. The van der Waals surface area contributed by atoms with Gasteiger partial charge in [0.1, 0.15) is 5.82 Å². The Kier molecular flexibility index (Phi) is 5.85. The maximum absolute atomic E-state index is 13.6. The molecule has 0 unspecified atom stereocenters. The van der Waals surface area contributed by atoms with Crippen LogP contribution in [0.3, 0.4) is 0 Å². The largest absolute Gasteiger partial charge is 0.339 e. The van der Waals surface area contributed by atoms with Gasteiger partial charge in [-0.15, -0.1) is 0 Å². The number of aromatic nitrogens is 2. The topological polar surface area (TPSA) is 71.3 Å². The zero-order valence-electron chi connectivity index (χ0n) is 15.3. The zero-order valence-corrected chi connectivity index (χ0v) is 15.3. The lowest BCUT2D eigenvalue weighted by Crippen LogP contribution is -2.33. The molecule has 2 aromatic rings. The van der Waals surface area contributed by atoms with Gasteiger partial charge in [0.15, 0.2) is 5.82 Å². The number of amides is 2. The van der Waals surface area contributed by atoms with E-state index in [0.717, 1.165) is 18.7 Å². The first kappa shape index (κ1) is 18.4. The van der Waals surface area contributed by atoms with Crippen LogP contribution in [0.5, 0.6) is 0 Å². The van der Waals surface area contributed by atoms with Crippen molar-refractivity contribution in [1.29, 1.82) is 0 Å². The molecule has 1 aliphatic carbocycles. The molecule has 1 N–H and O–H groups in total. The van der Waals surface area contributed by atoms with Gasteiger partial charge in [0.25, 0.3) is 0 Å². The van der Waals surface area contributed by atoms with E-state index in [4.69, 9.17) is 4.52 Å². The van der Waals surface area contributed by atoms with E-state index in [-0.39, 0.29) is 11.8 Å². The Labute approximate surface area is 152 Å². The molecule has 0 radical (unpaired) electrons. The van der Waals surface area contributed by atoms with Crippen LogP contribution >= 0.6 is 0 Å². The van der Waals surface area contributed by atoms with Crippen LogP contribution in [0.1, 0.15) is 55.3 Å². The van der Waals surface area contributed by atoms with Crippen LogP contribution in [-0.2, 0) is 6.42 Å². The Morgan fingerprint density at radius 1 is 1.35 bits per heavy atom. The Balaban J connectivity index is 1.50. The lowest BCUT2D eigenvalue weighted by Gasteiger charge is -2.17. The van der Waals surface area contributed by atoms with Gasteiger partial charge in [-0.25, -0.2) is 9.18 Å². The number of rotatable bonds is 5. The van der Waals surface area contributed by atoms with Crippen LogP contribution in [0.4, 0.5) is 14.9 Å². The zero-order chi connectivity index (χ0) is 18.5. The molecule has 1 aliphatic rings. The predicted octanol–water partition coefficient (Wildman–Crippen LogP) is 4.27. The number of nitrogens with one attached hydrogen (secondary N) is 1. The van der Waals surface area contributed by atoms with Crippen molar-refractivity contribution in [2.45, 2.75) is 51.4 Å². The Morgan fingerprint density at radius 2 is 2.12 bits per heavy atom. The number of anilines is 1. The Bertz CT molecular complexity index is 756. The van der Waals surface area contributed by atoms with Crippen LogP contribution in [0.2, 0.25) is 0 Å². The van der Waals surface area contributed by atoms with Gasteiger partial charge in [-0.3, -0.25) is 0 Å². The second kappa shape index (κ2) is 8.29. The van der Waals surface area contributed by atoms with Gasteiger partial charge < -0.3 is 14.7 Å². The van der Waals surface area contributed by atoms with Gasteiger partial charge in [-0.2, -0.15) is 4.98 Å². The van der Waals surface area contributed by atoms with E-state index in [0.29, 0.717) is 36.0 Å². The second-order valence-corrected chi connectivity index (χ2v) is 6.95. The molecule has 2 amide bonds. The summed E-state index contributed by atoms with van der Waals surface area (Å²) in [5, 5.41) is 6.72. The third kappa shape index (κ3) is 4.59. The highest BCUT2D eigenvalue weighted by Crippen LogP contribution is 2.31. The summed E-state index contributed by atoms with van der Waals surface area (Å²) >= 11 is 0. The quantitative estimate of drug-likeness (QED) is 0.864. The van der Waals surface area contributed by atoms with E-state index in [9.17, 15) is 9.18 Å². The van der Waals surface area contributed by atoms with E-state index in [1.165, 1.54) is 30.2 Å². The molecular formula is C19H25FN4O2. The average molecular weight is 360 g/mol. The Hall–Kier alpha value is -2.44. The minimum Gasteiger partial charge on any atom is -0.339 e. The summed E-state index contributed by atoms with van der Waals surface area (Å²) < 4.78 is 19.0. The standard InChI is InChI=1S/C19H25FN4O2/c1-13-8-9-15(12-16(13)20)21-19(25)24(2)11-10-17-22-18(26-23-17)14-6-4-3-5-7-14/h8-9,12,14H,3-7,10-11H2,1-2H3,(H,21,25). The number of carbonyl (C=O) groups excluding carboxylic acids is 1. The van der Waals surface area contributed by atoms with Crippen LogP contribution in [0.15, 0.2) is 22.7 Å².